The van der Waals surface area contributed by atoms with Crippen molar-refractivity contribution < 1.29 is 28.2 Å². The molecule has 3 aromatic carbocycles. The molecule has 1 aliphatic rings. The third-order valence-corrected chi connectivity index (χ3v) is 6.99. The van der Waals surface area contributed by atoms with Crippen LogP contribution in [0.3, 0.4) is 0 Å². The second-order valence-corrected chi connectivity index (χ2v) is 9.32. The second-order valence-electron chi connectivity index (χ2n) is 8.50. The molecule has 1 saturated heterocycles. The number of ether oxygens (including phenoxy) is 1. The van der Waals surface area contributed by atoms with Crippen molar-refractivity contribution in [3.8, 4) is 5.75 Å². The highest BCUT2D eigenvalue weighted by Gasteiger charge is 2.47. The summed E-state index contributed by atoms with van der Waals surface area (Å²) in [5.41, 5.74) is 0.777. The van der Waals surface area contributed by atoms with Gasteiger partial charge in [-0.1, -0.05) is 35.3 Å². The Hall–Kier alpha value is -3.62. The summed E-state index contributed by atoms with van der Waals surface area (Å²) in [6.45, 7) is 5.53. The van der Waals surface area contributed by atoms with Crippen molar-refractivity contribution in [2.75, 3.05) is 30.0 Å². The van der Waals surface area contributed by atoms with Gasteiger partial charge >= 0.3 is 0 Å². The van der Waals surface area contributed by atoms with Crippen LogP contribution in [0.25, 0.3) is 5.76 Å². The Morgan fingerprint density at radius 1 is 1.00 bits per heavy atom. The molecule has 6 nitrogen and oxygen atoms in total. The Morgan fingerprint density at radius 3 is 2.13 bits per heavy atom. The van der Waals surface area contributed by atoms with E-state index in [-0.39, 0.29) is 32.6 Å². The summed E-state index contributed by atoms with van der Waals surface area (Å²) < 4.78 is 33.7. The van der Waals surface area contributed by atoms with E-state index in [9.17, 15) is 23.5 Å². The quantitative estimate of drug-likeness (QED) is 0.196. The molecule has 1 amide bonds. The summed E-state index contributed by atoms with van der Waals surface area (Å²) in [6, 6.07) is 11.2. The Labute approximate surface area is 228 Å². The average molecular weight is 561 g/mol. The lowest BCUT2D eigenvalue weighted by Gasteiger charge is -2.27. The average Bonchev–Trinajstić information content (AvgIpc) is 3.14. The first-order valence-corrected chi connectivity index (χ1v) is 12.5. The Morgan fingerprint density at radius 2 is 1.61 bits per heavy atom. The molecule has 1 heterocycles. The highest BCUT2D eigenvalue weighted by molar-refractivity contribution is 6.51. The second kappa shape index (κ2) is 11.0. The fourth-order valence-electron chi connectivity index (χ4n) is 4.58. The van der Waals surface area contributed by atoms with Crippen molar-refractivity contribution in [2.45, 2.75) is 19.9 Å². The summed E-state index contributed by atoms with van der Waals surface area (Å²) in [7, 11) is 1.37. The molecule has 0 saturated carbocycles. The number of carbonyl (C=O) groups is 2. The topological polar surface area (TPSA) is 70.1 Å². The van der Waals surface area contributed by atoms with Crippen molar-refractivity contribution in [1.29, 1.82) is 0 Å². The summed E-state index contributed by atoms with van der Waals surface area (Å²) >= 11 is 12.5. The summed E-state index contributed by atoms with van der Waals surface area (Å²) in [5.74, 6) is -4.40. The molecule has 3 aromatic rings. The predicted octanol–water partition coefficient (Wildman–Crippen LogP) is 6.75. The first-order chi connectivity index (χ1) is 18.1. The SMILES string of the molecule is CCN(CC)c1ccc(C2/C(=C(\O)c3cc(Cl)c(OC)c(Cl)c3)C(=O)C(=O)N2c2ccc(F)cc2F)cc1. The van der Waals surface area contributed by atoms with Crippen molar-refractivity contribution in [1.82, 2.24) is 0 Å². The molecule has 1 fully saturated rings. The van der Waals surface area contributed by atoms with Crippen LogP contribution in [0.2, 0.25) is 10.0 Å². The number of Topliss-reactive ketones (excluding diaryl/α,β-unsaturated/α-hetero) is 1. The van der Waals surface area contributed by atoms with Gasteiger partial charge in [-0.3, -0.25) is 14.5 Å². The molecule has 0 bridgehead atoms. The van der Waals surface area contributed by atoms with Gasteiger partial charge in [0.25, 0.3) is 11.7 Å². The van der Waals surface area contributed by atoms with Crippen LogP contribution < -0.4 is 14.5 Å². The predicted molar refractivity (Wildman–Crippen MR) is 144 cm³/mol. The molecule has 198 valence electrons. The number of carbonyl (C=O) groups excluding carboxylic acids is 2. The number of aliphatic hydroxyl groups excluding tert-OH is 1. The molecule has 4 rings (SSSR count). The standard InChI is InChI=1S/C28H24Cl2F2N2O4/c1-4-33(5-2)18-9-6-15(7-10-18)24-23(25(35)16-12-19(29)27(38-3)20(30)13-16)26(36)28(37)34(24)22-11-8-17(31)14-21(22)32/h6-14,24,35H,4-5H2,1-3H3/b25-23+. The number of nitrogens with zero attached hydrogens (tertiary/aromatic N) is 2. The van der Waals surface area contributed by atoms with Gasteiger partial charge in [0.05, 0.1) is 34.5 Å². The van der Waals surface area contributed by atoms with Crippen LogP contribution in [0.4, 0.5) is 20.2 Å². The van der Waals surface area contributed by atoms with Crippen LogP contribution >= 0.6 is 23.2 Å². The lowest BCUT2D eigenvalue weighted by molar-refractivity contribution is -0.132. The molecular formula is C28H24Cl2F2N2O4. The number of hydrogen-bond acceptors (Lipinski definition) is 5. The van der Waals surface area contributed by atoms with Gasteiger partial charge in [-0.15, -0.1) is 0 Å². The molecule has 38 heavy (non-hydrogen) atoms. The van der Waals surface area contributed by atoms with E-state index < -0.39 is 35.1 Å². The first-order valence-electron chi connectivity index (χ1n) is 11.8. The molecule has 0 spiro atoms. The molecule has 10 heteroatoms. The first kappa shape index (κ1) is 27.4. The van der Waals surface area contributed by atoms with E-state index in [2.05, 4.69) is 4.90 Å². The molecule has 1 aliphatic heterocycles. The third kappa shape index (κ3) is 4.81. The van der Waals surface area contributed by atoms with E-state index >= 15 is 0 Å². The number of hydrogen-bond donors (Lipinski definition) is 1. The largest absolute Gasteiger partial charge is 0.507 e. The minimum Gasteiger partial charge on any atom is -0.507 e. The number of aliphatic hydroxyl groups is 1. The number of halogens is 4. The Balaban J connectivity index is 1.95. The van der Waals surface area contributed by atoms with Gasteiger partial charge < -0.3 is 14.7 Å². The minimum absolute atomic E-state index is 0.0585. The molecule has 1 unspecified atom stereocenters. The number of anilines is 2. The van der Waals surface area contributed by atoms with Crippen molar-refractivity contribution in [3.63, 3.8) is 0 Å². The highest BCUT2D eigenvalue weighted by atomic mass is 35.5. The van der Waals surface area contributed by atoms with Crippen LogP contribution in [-0.2, 0) is 9.59 Å². The molecule has 0 radical (unpaired) electrons. The number of benzene rings is 3. The fourth-order valence-corrected chi connectivity index (χ4v) is 5.22. The number of amides is 1. The van der Waals surface area contributed by atoms with E-state index in [4.69, 9.17) is 27.9 Å². The van der Waals surface area contributed by atoms with Crippen molar-refractivity contribution in [3.05, 3.63) is 93.0 Å². The van der Waals surface area contributed by atoms with Crippen LogP contribution in [0.1, 0.15) is 31.0 Å². The number of rotatable bonds is 7. The number of methoxy groups -OCH3 is 1. The van der Waals surface area contributed by atoms with Gasteiger partial charge in [-0.2, -0.15) is 0 Å². The molecular weight excluding hydrogens is 537 g/mol. The van der Waals surface area contributed by atoms with Crippen molar-refractivity contribution >= 4 is 52.0 Å². The van der Waals surface area contributed by atoms with Crippen LogP contribution in [0, 0.1) is 11.6 Å². The summed E-state index contributed by atoms with van der Waals surface area (Å²) in [5, 5.41) is 11.4. The van der Waals surface area contributed by atoms with Crippen LogP contribution in [0.5, 0.6) is 5.75 Å². The van der Waals surface area contributed by atoms with Crippen LogP contribution in [0.15, 0.2) is 60.2 Å². The van der Waals surface area contributed by atoms with Gasteiger partial charge in [0, 0.05) is 30.4 Å². The normalized spacial score (nSPS) is 16.7. The minimum atomic E-state index is -1.22. The monoisotopic (exact) mass is 560 g/mol. The Bertz CT molecular complexity index is 1420. The van der Waals surface area contributed by atoms with Gasteiger partial charge in [-0.25, -0.2) is 8.78 Å². The van der Waals surface area contributed by atoms with Gasteiger partial charge in [0.1, 0.15) is 17.4 Å². The zero-order chi connectivity index (χ0) is 27.7. The van der Waals surface area contributed by atoms with Crippen molar-refractivity contribution in [2.24, 2.45) is 0 Å². The Kier molecular flexibility index (Phi) is 7.94. The van der Waals surface area contributed by atoms with Gasteiger partial charge in [-0.05, 0) is 55.8 Å². The molecule has 0 aliphatic carbocycles. The molecule has 1 atom stereocenters. The zero-order valence-corrected chi connectivity index (χ0v) is 22.3. The van der Waals surface area contributed by atoms with E-state index in [0.29, 0.717) is 11.6 Å². The maximum atomic E-state index is 14.9. The van der Waals surface area contributed by atoms with E-state index in [1.54, 1.807) is 12.1 Å². The maximum absolute atomic E-state index is 14.9. The smallest absolute Gasteiger partial charge is 0.300 e. The maximum Gasteiger partial charge on any atom is 0.300 e. The highest BCUT2D eigenvalue weighted by Crippen LogP contribution is 2.44. The molecule has 0 aromatic heterocycles. The van der Waals surface area contributed by atoms with Crippen LogP contribution in [-0.4, -0.2) is 37.0 Å². The van der Waals surface area contributed by atoms with E-state index in [1.807, 2.05) is 26.0 Å². The third-order valence-electron chi connectivity index (χ3n) is 6.43. The summed E-state index contributed by atoms with van der Waals surface area (Å²) in [6.07, 6.45) is 0. The lowest BCUT2D eigenvalue weighted by atomic mass is 9.94. The zero-order valence-electron chi connectivity index (χ0n) is 20.8. The van der Waals surface area contributed by atoms with Gasteiger partial charge in [0.15, 0.2) is 5.75 Å². The molecule has 1 N–H and O–H groups in total. The summed E-state index contributed by atoms with van der Waals surface area (Å²) in [4.78, 5) is 29.6. The van der Waals surface area contributed by atoms with E-state index in [0.717, 1.165) is 35.8 Å². The fraction of sp³-hybridized carbons (Fsp3) is 0.214. The van der Waals surface area contributed by atoms with E-state index in [1.165, 1.54) is 19.2 Å². The van der Waals surface area contributed by atoms with Gasteiger partial charge in [0.2, 0.25) is 0 Å². The number of ketones is 1. The lowest BCUT2D eigenvalue weighted by Crippen LogP contribution is -2.30.